The van der Waals surface area contributed by atoms with Crippen molar-refractivity contribution in [3.8, 4) is 0 Å². The molecule has 1 aliphatic heterocycles. The summed E-state index contributed by atoms with van der Waals surface area (Å²) in [5.74, 6) is 1.98. The van der Waals surface area contributed by atoms with Gasteiger partial charge in [-0.25, -0.2) is 0 Å². The molecule has 1 aliphatic rings. The Hall–Kier alpha value is -0.850. The second-order valence-electron chi connectivity index (χ2n) is 5.31. The molecule has 0 bridgehead atoms. The first kappa shape index (κ1) is 15.1. The largest absolute Gasteiger partial charge is 0.377 e. The quantitative estimate of drug-likeness (QED) is 0.762. The van der Waals surface area contributed by atoms with Gasteiger partial charge in [-0.1, -0.05) is 17.8 Å². The Morgan fingerprint density at radius 2 is 2.38 bits per heavy atom. The predicted molar refractivity (Wildman–Crippen MR) is 87.1 cm³/mol. The minimum absolute atomic E-state index is 0.381. The molecule has 1 saturated heterocycles. The number of hydrogen-bond donors (Lipinski definition) is 0. The van der Waals surface area contributed by atoms with Gasteiger partial charge in [0.15, 0.2) is 5.16 Å². The third kappa shape index (κ3) is 4.08. The van der Waals surface area contributed by atoms with Crippen LogP contribution in [0.5, 0.6) is 0 Å². The maximum absolute atomic E-state index is 5.79. The van der Waals surface area contributed by atoms with Crippen LogP contribution in [0.25, 0.3) is 0 Å². The molecule has 0 amide bonds. The summed E-state index contributed by atoms with van der Waals surface area (Å²) in [6.07, 6.45) is 5.10. The highest BCUT2D eigenvalue weighted by Crippen LogP contribution is 2.23. The highest BCUT2D eigenvalue weighted by molar-refractivity contribution is 7.99. The van der Waals surface area contributed by atoms with E-state index in [4.69, 9.17) is 4.74 Å². The van der Waals surface area contributed by atoms with E-state index in [1.165, 1.54) is 24.1 Å². The molecule has 0 aromatic carbocycles. The summed E-state index contributed by atoms with van der Waals surface area (Å²) < 4.78 is 8.02. The maximum atomic E-state index is 5.79. The molecule has 0 spiro atoms. The van der Waals surface area contributed by atoms with Crippen LogP contribution >= 0.6 is 23.1 Å². The summed E-state index contributed by atoms with van der Waals surface area (Å²) in [5.41, 5.74) is 0. The zero-order valence-electron chi connectivity index (χ0n) is 12.3. The molecule has 0 N–H and O–H groups in total. The average molecular weight is 323 g/mol. The smallest absolute Gasteiger partial charge is 0.191 e. The number of aromatic nitrogens is 3. The molecule has 21 heavy (non-hydrogen) atoms. The van der Waals surface area contributed by atoms with Crippen molar-refractivity contribution in [2.75, 3.05) is 12.4 Å². The number of thiophene rings is 1. The van der Waals surface area contributed by atoms with Gasteiger partial charge in [0, 0.05) is 23.8 Å². The van der Waals surface area contributed by atoms with E-state index < -0.39 is 0 Å². The van der Waals surface area contributed by atoms with Gasteiger partial charge in [0.25, 0.3) is 0 Å². The van der Waals surface area contributed by atoms with E-state index in [0.29, 0.717) is 6.10 Å². The third-order valence-corrected chi connectivity index (χ3v) is 5.77. The number of hydrogen-bond acceptors (Lipinski definition) is 5. The van der Waals surface area contributed by atoms with Gasteiger partial charge in [-0.3, -0.25) is 0 Å². The molecule has 3 rings (SSSR count). The van der Waals surface area contributed by atoms with Gasteiger partial charge in [0.1, 0.15) is 5.82 Å². The molecule has 2 aromatic heterocycles. The molecule has 1 fully saturated rings. The Morgan fingerprint density at radius 1 is 1.43 bits per heavy atom. The van der Waals surface area contributed by atoms with Crippen molar-refractivity contribution < 1.29 is 4.74 Å². The number of rotatable bonds is 6. The van der Waals surface area contributed by atoms with Crippen LogP contribution in [0.2, 0.25) is 0 Å². The molecule has 1 unspecified atom stereocenters. The fraction of sp³-hybridized carbons (Fsp3) is 0.600. The van der Waals surface area contributed by atoms with Crippen LogP contribution in [-0.2, 0) is 17.7 Å². The van der Waals surface area contributed by atoms with E-state index >= 15 is 0 Å². The lowest BCUT2D eigenvalue weighted by atomic mass is 10.1. The molecular weight excluding hydrogens is 302 g/mol. The van der Waals surface area contributed by atoms with E-state index in [2.05, 4.69) is 32.3 Å². The first-order chi connectivity index (χ1) is 10.3. The second kappa shape index (κ2) is 7.42. The monoisotopic (exact) mass is 323 g/mol. The second-order valence-corrected chi connectivity index (χ2v) is 7.33. The summed E-state index contributed by atoms with van der Waals surface area (Å²) >= 11 is 3.59. The zero-order valence-corrected chi connectivity index (χ0v) is 14.0. The van der Waals surface area contributed by atoms with E-state index in [-0.39, 0.29) is 0 Å². The first-order valence-corrected chi connectivity index (χ1v) is 9.36. The summed E-state index contributed by atoms with van der Waals surface area (Å²) in [5, 5.41) is 11.7. The highest BCUT2D eigenvalue weighted by atomic mass is 32.2. The van der Waals surface area contributed by atoms with Crippen molar-refractivity contribution in [2.45, 2.75) is 50.4 Å². The van der Waals surface area contributed by atoms with Gasteiger partial charge in [0.2, 0.25) is 0 Å². The van der Waals surface area contributed by atoms with Crippen molar-refractivity contribution in [3.63, 3.8) is 0 Å². The molecule has 6 heteroatoms. The van der Waals surface area contributed by atoms with Gasteiger partial charge in [-0.15, -0.1) is 21.5 Å². The molecule has 2 aromatic rings. The van der Waals surface area contributed by atoms with Crippen LogP contribution < -0.4 is 0 Å². The molecule has 4 nitrogen and oxygen atoms in total. The summed E-state index contributed by atoms with van der Waals surface area (Å²) in [6, 6.07) is 4.29. The summed E-state index contributed by atoms with van der Waals surface area (Å²) in [4.78, 5) is 1.41. The number of nitrogens with zero attached hydrogens (tertiary/aromatic N) is 3. The first-order valence-electron chi connectivity index (χ1n) is 7.49. The fourth-order valence-electron chi connectivity index (χ4n) is 2.51. The number of thioether (sulfide) groups is 1. The Kier molecular flexibility index (Phi) is 5.32. The lowest BCUT2D eigenvalue weighted by molar-refractivity contribution is 0.0315. The van der Waals surface area contributed by atoms with Crippen molar-refractivity contribution in [1.82, 2.24) is 14.8 Å². The highest BCUT2D eigenvalue weighted by Gasteiger charge is 2.16. The van der Waals surface area contributed by atoms with E-state index in [9.17, 15) is 0 Å². The van der Waals surface area contributed by atoms with Crippen molar-refractivity contribution in [3.05, 3.63) is 28.2 Å². The maximum Gasteiger partial charge on any atom is 0.191 e. The van der Waals surface area contributed by atoms with Gasteiger partial charge >= 0.3 is 0 Å². The molecule has 0 radical (unpaired) electrons. The summed E-state index contributed by atoms with van der Waals surface area (Å²) in [7, 11) is 0. The zero-order chi connectivity index (χ0) is 14.5. The molecule has 1 atom stereocenters. The van der Waals surface area contributed by atoms with E-state index in [1.807, 2.05) is 18.3 Å². The lowest BCUT2D eigenvalue weighted by Gasteiger charge is -2.21. The van der Waals surface area contributed by atoms with Crippen LogP contribution in [0, 0.1) is 6.92 Å². The van der Waals surface area contributed by atoms with Gasteiger partial charge < -0.3 is 9.30 Å². The van der Waals surface area contributed by atoms with Crippen molar-refractivity contribution in [1.29, 1.82) is 0 Å². The van der Waals surface area contributed by atoms with Gasteiger partial charge in [-0.05, 0) is 44.1 Å². The Bertz CT molecular complexity index is 547. The topological polar surface area (TPSA) is 39.9 Å². The van der Waals surface area contributed by atoms with Gasteiger partial charge in [0.05, 0.1) is 6.10 Å². The summed E-state index contributed by atoms with van der Waals surface area (Å²) in [6.45, 7) is 3.89. The molecule has 114 valence electrons. The molecule has 0 aliphatic carbocycles. The van der Waals surface area contributed by atoms with Gasteiger partial charge in [-0.2, -0.15) is 0 Å². The van der Waals surface area contributed by atoms with Crippen LogP contribution in [0.3, 0.4) is 0 Å². The SMILES string of the molecule is Cc1nnc(SCC2CCCCO2)n1CCc1cccs1. The standard InChI is InChI=1S/C15H21N3OS2/c1-12-16-17-15(21-11-13-5-2-3-9-19-13)18(12)8-7-14-6-4-10-20-14/h4,6,10,13H,2-3,5,7-9,11H2,1H3. The van der Waals surface area contributed by atoms with E-state index in [0.717, 1.165) is 36.3 Å². The van der Waals surface area contributed by atoms with Crippen LogP contribution in [0.15, 0.2) is 22.7 Å². The molecule has 0 saturated carbocycles. The number of aryl methyl sites for hydroxylation is 2. The Labute approximate surface area is 133 Å². The van der Waals surface area contributed by atoms with E-state index in [1.54, 1.807) is 11.8 Å². The van der Waals surface area contributed by atoms with Crippen molar-refractivity contribution in [2.24, 2.45) is 0 Å². The predicted octanol–water partition coefficient (Wildman–Crippen LogP) is 3.55. The van der Waals surface area contributed by atoms with Crippen LogP contribution in [0.1, 0.15) is 30.0 Å². The number of ether oxygens (including phenoxy) is 1. The average Bonchev–Trinajstić information content (AvgIpc) is 3.14. The van der Waals surface area contributed by atoms with Crippen molar-refractivity contribution >= 4 is 23.1 Å². The Morgan fingerprint density at radius 3 is 3.14 bits per heavy atom. The Balaban J connectivity index is 1.57. The fourth-order valence-corrected chi connectivity index (χ4v) is 4.28. The minimum Gasteiger partial charge on any atom is -0.377 e. The lowest BCUT2D eigenvalue weighted by Crippen LogP contribution is -2.21. The minimum atomic E-state index is 0.381. The third-order valence-electron chi connectivity index (χ3n) is 3.74. The molecule has 3 heterocycles. The molecular formula is C15H21N3OS2. The normalized spacial score (nSPS) is 19.0. The van der Waals surface area contributed by atoms with Crippen LogP contribution in [-0.4, -0.2) is 33.2 Å². The van der Waals surface area contributed by atoms with Crippen LogP contribution in [0.4, 0.5) is 0 Å².